The first-order chi connectivity index (χ1) is 10.1. The highest BCUT2D eigenvalue weighted by molar-refractivity contribution is 5.75. The highest BCUT2D eigenvalue weighted by Crippen LogP contribution is 2.25. The lowest BCUT2D eigenvalue weighted by Crippen LogP contribution is -2.04. The first-order valence-corrected chi connectivity index (χ1v) is 6.45. The van der Waals surface area contributed by atoms with Gasteiger partial charge in [0, 0.05) is 28.6 Å². The van der Waals surface area contributed by atoms with Gasteiger partial charge in [-0.15, -0.1) is 0 Å². The summed E-state index contributed by atoms with van der Waals surface area (Å²) in [6.07, 6.45) is 3.35. The Bertz CT molecular complexity index is 760. The van der Waals surface area contributed by atoms with Crippen molar-refractivity contribution in [2.24, 2.45) is 0 Å². The summed E-state index contributed by atoms with van der Waals surface area (Å²) in [7, 11) is 0. The van der Waals surface area contributed by atoms with Gasteiger partial charge in [0.15, 0.2) is 0 Å². The van der Waals surface area contributed by atoms with Crippen LogP contribution in [0.1, 0.15) is 5.56 Å². The Labute approximate surface area is 120 Å². The van der Waals surface area contributed by atoms with E-state index in [4.69, 9.17) is 5.73 Å². The van der Waals surface area contributed by atoms with Gasteiger partial charge < -0.3 is 5.73 Å². The van der Waals surface area contributed by atoms with E-state index in [-0.39, 0.29) is 12.1 Å². The quantitative estimate of drug-likeness (QED) is 0.749. The Kier molecular flexibility index (Phi) is 3.39. The van der Waals surface area contributed by atoms with Crippen LogP contribution in [0.25, 0.3) is 11.1 Å². The summed E-state index contributed by atoms with van der Waals surface area (Å²) in [4.78, 5) is 0. The fourth-order valence-electron chi connectivity index (χ4n) is 2.19. The van der Waals surface area contributed by atoms with E-state index in [0.717, 1.165) is 11.1 Å². The molecular weight excluding hydrogens is 272 g/mol. The molecule has 0 radical (unpaired) electrons. The van der Waals surface area contributed by atoms with Crippen LogP contribution in [0.5, 0.6) is 0 Å². The Balaban J connectivity index is 1.91. The third kappa shape index (κ3) is 2.63. The van der Waals surface area contributed by atoms with Crippen molar-refractivity contribution in [2.75, 3.05) is 5.73 Å². The van der Waals surface area contributed by atoms with Crippen molar-refractivity contribution in [3.05, 3.63) is 72.1 Å². The minimum Gasteiger partial charge on any atom is -0.398 e. The van der Waals surface area contributed by atoms with Crippen molar-refractivity contribution in [1.29, 1.82) is 0 Å². The average Bonchev–Trinajstić information content (AvgIpc) is 2.92. The first-order valence-electron chi connectivity index (χ1n) is 6.45. The van der Waals surface area contributed by atoms with Gasteiger partial charge in [0.2, 0.25) is 0 Å². The molecule has 0 amide bonds. The normalized spacial score (nSPS) is 10.8. The van der Waals surface area contributed by atoms with Crippen LogP contribution in [-0.2, 0) is 6.54 Å². The molecule has 0 atom stereocenters. The minimum atomic E-state index is -0.578. The highest BCUT2D eigenvalue weighted by Gasteiger charge is 2.11. The number of anilines is 1. The molecule has 21 heavy (non-hydrogen) atoms. The lowest BCUT2D eigenvalue weighted by molar-refractivity contribution is 0.533. The van der Waals surface area contributed by atoms with Crippen molar-refractivity contribution in [2.45, 2.75) is 6.54 Å². The molecule has 1 heterocycles. The molecule has 3 rings (SSSR count). The molecular formula is C16H13F2N3. The molecule has 0 aliphatic rings. The topological polar surface area (TPSA) is 43.8 Å². The van der Waals surface area contributed by atoms with E-state index in [2.05, 4.69) is 5.10 Å². The van der Waals surface area contributed by atoms with E-state index < -0.39 is 11.6 Å². The molecule has 0 saturated carbocycles. The molecule has 1 aromatic heterocycles. The number of hydrogen-bond acceptors (Lipinski definition) is 2. The van der Waals surface area contributed by atoms with Gasteiger partial charge in [0.05, 0.1) is 12.7 Å². The molecule has 0 saturated heterocycles. The van der Waals surface area contributed by atoms with Gasteiger partial charge in [0.1, 0.15) is 11.6 Å². The number of halogens is 2. The largest absolute Gasteiger partial charge is 0.398 e. The number of aromatic nitrogens is 2. The van der Waals surface area contributed by atoms with Crippen LogP contribution in [0.15, 0.2) is 54.9 Å². The van der Waals surface area contributed by atoms with Crippen LogP contribution in [0.4, 0.5) is 14.5 Å². The van der Waals surface area contributed by atoms with E-state index in [0.29, 0.717) is 5.69 Å². The van der Waals surface area contributed by atoms with Gasteiger partial charge in [-0.2, -0.15) is 5.10 Å². The Morgan fingerprint density at radius 1 is 1.00 bits per heavy atom. The fourth-order valence-corrected chi connectivity index (χ4v) is 2.19. The molecule has 0 unspecified atom stereocenters. The zero-order valence-corrected chi connectivity index (χ0v) is 11.1. The van der Waals surface area contributed by atoms with Crippen LogP contribution in [-0.4, -0.2) is 9.78 Å². The van der Waals surface area contributed by atoms with Gasteiger partial charge >= 0.3 is 0 Å². The molecule has 0 spiro atoms. The van der Waals surface area contributed by atoms with Gasteiger partial charge in [-0.05, 0) is 18.2 Å². The number of para-hydroxylation sites is 1. The lowest BCUT2D eigenvalue weighted by atomic mass is 10.1. The number of nitrogens with two attached hydrogens (primary N) is 1. The molecule has 0 bridgehead atoms. The first kappa shape index (κ1) is 13.3. The van der Waals surface area contributed by atoms with E-state index in [9.17, 15) is 8.78 Å². The number of nitrogens with zero attached hydrogens (tertiary/aromatic N) is 2. The summed E-state index contributed by atoms with van der Waals surface area (Å²) in [6.45, 7) is 0.0330. The SMILES string of the molecule is Nc1ccccc1-c1cnn(Cc2c(F)cccc2F)c1. The molecule has 3 nitrogen and oxygen atoms in total. The van der Waals surface area contributed by atoms with Crippen molar-refractivity contribution in [3.63, 3.8) is 0 Å². The molecule has 2 aromatic carbocycles. The number of nitrogen functional groups attached to an aromatic ring is 1. The second kappa shape index (κ2) is 5.36. The predicted molar refractivity (Wildman–Crippen MR) is 77.5 cm³/mol. The van der Waals surface area contributed by atoms with E-state index in [1.54, 1.807) is 18.5 Å². The van der Waals surface area contributed by atoms with Gasteiger partial charge in [-0.25, -0.2) is 8.78 Å². The molecule has 5 heteroatoms. The summed E-state index contributed by atoms with van der Waals surface area (Å²) in [5.41, 5.74) is 8.19. The second-order valence-corrected chi connectivity index (χ2v) is 4.71. The molecule has 0 aliphatic heterocycles. The third-order valence-corrected chi connectivity index (χ3v) is 3.29. The van der Waals surface area contributed by atoms with Crippen molar-refractivity contribution in [1.82, 2.24) is 9.78 Å². The van der Waals surface area contributed by atoms with Crippen LogP contribution in [0.2, 0.25) is 0 Å². The lowest BCUT2D eigenvalue weighted by Gasteiger charge is -2.05. The van der Waals surface area contributed by atoms with Crippen molar-refractivity contribution < 1.29 is 8.78 Å². The Hall–Kier alpha value is -2.69. The molecule has 2 N–H and O–H groups in total. The maximum Gasteiger partial charge on any atom is 0.131 e. The maximum absolute atomic E-state index is 13.6. The Morgan fingerprint density at radius 3 is 2.43 bits per heavy atom. The average molecular weight is 285 g/mol. The minimum absolute atomic E-state index is 0.00631. The summed E-state index contributed by atoms with van der Waals surface area (Å²) >= 11 is 0. The monoisotopic (exact) mass is 285 g/mol. The van der Waals surface area contributed by atoms with Crippen LogP contribution in [0, 0.1) is 11.6 Å². The van der Waals surface area contributed by atoms with Gasteiger partial charge in [-0.3, -0.25) is 4.68 Å². The maximum atomic E-state index is 13.6. The molecule has 106 valence electrons. The molecule has 0 aliphatic carbocycles. The van der Waals surface area contributed by atoms with E-state index in [1.165, 1.54) is 22.9 Å². The van der Waals surface area contributed by atoms with Crippen LogP contribution >= 0.6 is 0 Å². The highest BCUT2D eigenvalue weighted by atomic mass is 19.1. The van der Waals surface area contributed by atoms with E-state index in [1.807, 2.05) is 18.2 Å². The zero-order valence-electron chi connectivity index (χ0n) is 11.1. The van der Waals surface area contributed by atoms with Crippen LogP contribution < -0.4 is 5.73 Å². The Morgan fingerprint density at radius 2 is 1.71 bits per heavy atom. The second-order valence-electron chi connectivity index (χ2n) is 4.71. The van der Waals surface area contributed by atoms with Gasteiger partial charge in [0.25, 0.3) is 0 Å². The van der Waals surface area contributed by atoms with E-state index >= 15 is 0 Å². The number of rotatable bonds is 3. The summed E-state index contributed by atoms with van der Waals surface area (Å²) < 4.78 is 28.7. The molecule has 3 aromatic rings. The number of hydrogen-bond donors (Lipinski definition) is 1. The van der Waals surface area contributed by atoms with Gasteiger partial charge in [-0.1, -0.05) is 24.3 Å². The van der Waals surface area contributed by atoms with Crippen molar-refractivity contribution >= 4 is 5.69 Å². The summed E-state index contributed by atoms with van der Waals surface area (Å²) in [5.74, 6) is -1.16. The number of benzene rings is 2. The zero-order chi connectivity index (χ0) is 14.8. The van der Waals surface area contributed by atoms with Crippen LogP contribution in [0.3, 0.4) is 0 Å². The summed E-state index contributed by atoms with van der Waals surface area (Å²) in [5, 5.41) is 4.14. The third-order valence-electron chi connectivity index (χ3n) is 3.29. The molecule has 0 fully saturated rings. The standard InChI is InChI=1S/C16H13F2N3/c17-14-5-3-6-15(18)13(14)10-21-9-11(8-20-21)12-4-1-2-7-16(12)19/h1-9H,10,19H2. The fraction of sp³-hybridized carbons (Fsp3) is 0.0625. The van der Waals surface area contributed by atoms with Crippen molar-refractivity contribution in [3.8, 4) is 11.1 Å². The summed E-state index contributed by atoms with van der Waals surface area (Å²) in [6, 6.07) is 11.2. The predicted octanol–water partition coefficient (Wildman–Crippen LogP) is 3.46. The smallest absolute Gasteiger partial charge is 0.131 e.